The zero-order valence-corrected chi connectivity index (χ0v) is 11.9. The first kappa shape index (κ1) is 15.4. The SMILES string of the molecule is CCC(C)C(NC(=O)c1ccnc(Cl)c1)C(=O)OC. The van der Waals surface area contributed by atoms with E-state index in [0.29, 0.717) is 5.56 Å². The lowest BCUT2D eigenvalue weighted by Crippen LogP contribution is -2.45. The van der Waals surface area contributed by atoms with Crippen LogP contribution in [-0.4, -0.2) is 30.0 Å². The molecular formula is C13H17ClN2O3. The van der Waals surface area contributed by atoms with Gasteiger partial charge in [0.25, 0.3) is 5.91 Å². The number of methoxy groups -OCH3 is 1. The van der Waals surface area contributed by atoms with Crippen molar-refractivity contribution in [3.8, 4) is 0 Å². The van der Waals surface area contributed by atoms with Crippen LogP contribution in [0, 0.1) is 5.92 Å². The van der Waals surface area contributed by atoms with Crippen LogP contribution in [0.15, 0.2) is 18.3 Å². The van der Waals surface area contributed by atoms with E-state index in [0.717, 1.165) is 6.42 Å². The average Bonchev–Trinajstić information content (AvgIpc) is 2.42. The molecule has 0 radical (unpaired) electrons. The van der Waals surface area contributed by atoms with Crippen molar-refractivity contribution in [2.24, 2.45) is 5.92 Å². The van der Waals surface area contributed by atoms with Gasteiger partial charge in [-0.3, -0.25) is 4.79 Å². The zero-order chi connectivity index (χ0) is 14.4. The highest BCUT2D eigenvalue weighted by Gasteiger charge is 2.27. The van der Waals surface area contributed by atoms with E-state index in [4.69, 9.17) is 16.3 Å². The normalized spacial score (nSPS) is 13.5. The fourth-order valence-corrected chi connectivity index (χ4v) is 1.74. The highest BCUT2D eigenvalue weighted by atomic mass is 35.5. The third-order valence-electron chi connectivity index (χ3n) is 2.94. The second-order valence-electron chi connectivity index (χ2n) is 4.23. The number of aromatic nitrogens is 1. The Bertz CT molecular complexity index is 465. The maximum Gasteiger partial charge on any atom is 0.328 e. The number of esters is 1. The molecule has 0 saturated heterocycles. The van der Waals surface area contributed by atoms with Crippen LogP contribution >= 0.6 is 11.6 Å². The van der Waals surface area contributed by atoms with Gasteiger partial charge in [0.05, 0.1) is 7.11 Å². The standard InChI is InChI=1S/C13H17ClN2O3/c1-4-8(2)11(13(18)19-3)16-12(17)9-5-6-15-10(14)7-9/h5-8,11H,4H2,1-3H3,(H,16,17). The first-order valence-electron chi connectivity index (χ1n) is 5.99. The Kier molecular flexibility index (Phi) is 5.76. The molecule has 0 fully saturated rings. The van der Waals surface area contributed by atoms with Crippen molar-refractivity contribution < 1.29 is 14.3 Å². The van der Waals surface area contributed by atoms with Gasteiger partial charge in [0.15, 0.2) is 0 Å². The number of nitrogens with one attached hydrogen (secondary N) is 1. The second-order valence-corrected chi connectivity index (χ2v) is 4.61. The van der Waals surface area contributed by atoms with Crippen molar-refractivity contribution in [3.05, 3.63) is 29.0 Å². The fraction of sp³-hybridized carbons (Fsp3) is 0.462. The van der Waals surface area contributed by atoms with Gasteiger partial charge in [-0.1, -0.05) is 31.9 Å². The largest absolute Gasteiger partial charge is 0.467 e. The molecule has 0 aliphatic rings. The second kappa shape index (κ2) is 7.09. The average molecular weight is 285 g/mol. The van der Waals surface area contributed by atoms with Crippen LogP contribution in [0.25, 0.3) is 0 Å². The first-order valence-corrected chi connectivity index (χ1v) is 6.37. The van der Waals surface area contributed by atoms with Crippen molar-refractivity contribution in [1.82, 2.24) is 10.3 Å². The minimum atomic E-state index is -0.672. The van der Waals surface area contributed by atoms with Gasteiger partial charge in [0, 0.05) is 11.8 Å². The van der Waals surface area contributed by atoms with Crippen LogP contribution < -0.4 is 5.32 Å². The van der Waals surface area contributed by atoms with Gasteiger partial charge < -0.3 is 10.1 Å². The van der Waals surface area contributed by atoms with E-state index >= 15 is 0 Å². The molecule has 0 spiro atoms. The van der Waals surface area contributed by atoms with Crippen LogP contribution in [0.5, 0.6) is 0 Å². The number of halogens is 1. The molecule has 104 valence electrons. The van der Waals surface area contributed by atoms with Crippen molar-refractivity contribution in [1.29, 1.82) is 0 Å². The summed E-state index contributed by atoms with van der Waals surface area (Å²) >= 11 is 5.72. The Morgan fingerprint density at radius 1 is 1.53 bits per heavy atom. The summed E-state index contributed by atoms with van der Waals surface area (Å²) in [6.07, 6.45) is 2.19. The summed E-state index contributed by atoms with van der Waals surface area (Å²) < 4.78 is 4.70. The molecule has 19 heavy (non-hydrogen) atoms. The van der Waals surface area contributed by atoms with Gasteiger partial charge in [-0.2, -0.15) is 0 Å². The van der Waals surface area contributed by atoms with Gasteiger partial charge >= 0.3 is 5.97 Å². The van der Waals surface area contributed by atoms with Gasteiger partial charge in [-0.15, -0.1) is 0 Å². The molecule has 2 unspecified atom stereocenters. The topological polar surface area (TPSA) is 68.3 Å². The minimum Gasteiger partial charge on any atom is -0.467 e. The Hall–Kier alpha value is -1.62. The van der Waals surface area contributed by atoms with E-state index in [9.17, 15) is 9.59 Å². The maximum atomic E-state index is 12.0. The predicted octanol–water partition coefficient (Wildman–Crippen LogP) is 2.05. The molecule has 1 heterocycles. The predicted molar refractivity (Wildman–Crippen MR) is 72.0 cm³/mol. The number of carbonyl (C=O) groups is 2. The summed E-state index contributed by atoms with van der Waals surface area (Å²) in [4.78, 5) is 27.5. The monoisotopic (exact) mass is 284 g/mol. The summed E-state index contributed by atoms with van der Waals surface area (Å²) in [6, 6.07) is 2.31. The molecule has 0 bridgehead atoms. The Morgan fingerprint density at radius 3 is 2.74 bits per heavy atom. The highest BCUT2D eigenvalue weighted by Crippen LogP contribution is 2.12. The van der Waals surface area contributed by atoms with E-state index < -0.39 is 12.0 Å². The molecule has 6 heteroatoms. The number of rotatable bonds is 5. The summed E-state index contributed by atoms with van der Waals surface area (Å²) in [7, 11) is 1.30. The Labute approximate surface area is 117 Å². The molecule has 0 saturated carbocycles. The molecule has 2 atom stereocenters. The minimum absolute atomic E-state index is 0.0197. The molecule has 0 aromatic carbocycles. The van der Waals surface area contributed by atoms with Gasteiger partial charge in [0.1, 0.15) is 11.2 Å². The van der Waals surface area contributed by atoms with Crippen LogP contribution in [0.3, 0.4) is 0 Å². The van der Waals surface area contributed by atoms with Gasteiger partial charge in [-0.25, -0.2) is 9.78 Å². The number of amides is 1. The molecular weight excluding hydrogens is 268 g/mol. The Balaban J connectivity index is 2.84. The molecule has 0 aliphatic heterocycles. The van der Waals surface area contributed by atoms with E-state index in [2.05, 4.69) is 10.3 Å². The third-order valence-corrected chi connectivity index (χ3v) is 3.15. The lowest BCUT2D eigenvalue weighted by atomic mass is 9.99. The maximum absolute atomic E-state index is 12.0. The quantitative estimate of drug-likeness (QED) is 0.664. The first-order chi connectivity index (χ1) is 8.99. The van der Waals surface area contributed by atoms with E-state index in [1.807, 2.05) is 13.8 Å². The lowest BCUT2D eigenvalue weighted by Gasteiger charge is -2.21. The van der Waals surface area contributed by atoms with Crippen LogP contribution in [0.2, 0.25) is 5.15 Å². The van der Waals surface area contributed by atoms with Crippen molar-refractivity contribution in [3.63, 3.8) is 0 Å². The third kappa shape index (κ3) is 4.21. The lowest BCUT2D eigenvalue weighted by molar-refractivity contribution is -0.144. The summed E-state index contributed by atoms with van der Waals surface area (Å²) in [5, 5.41) is 2.89. The van der Waals surface area contributed by atoms with Crippen molar-refractivity contribution in [2.75, 3.05) is 7.11 Å². The molecule has 5 nitrogen and oxygen atoms in total. The number of ether oxygens (including phenoxy) is 1. The van der Waals surface area contributed by atoms with Crippen molar-refractivity contribution >= 4 is 23.5 Å². The highest BCUT2D eigenvalue weighted by molar-refractivity contribution is 6.29. The smallest absolute Gasteiger partial charge is 0.328 e. The summed E-state index contributed by atoms with van der Waals surface area (Å²) in [6.45, 7) is 3.82. The fourth-order valence-electron chi connectivity index (χ4n) is 1.56. The molecule has 1 amide bonds. The van der Waals surface area contributed by atoms with Gasteiger partial charge in [-0.05, 0) is 18.1 Å². The van der Waals surface area contributed by atoms with E-state index in [1.165, 1.54) is 25.4 Å². The van der Waals surface area contributed by atoms with Gasteiger partial charge in [0.2, 0.25) is 0 Å². The molecule has 1 aromatic rings. The van der Waals surface area contributed by atoms with E-state index in [1.54, 1.807) is 0 Å². The molecule has 1 N–H and O–H groups in total. The van der Waals surface area contributed by atoms with Crippen LogP contribution in [-0.2, 0) is 9.53 Å². The number of nitrogens with zero attached hydrogens (tertiary/aromatic N) is 1. The molecule has 1 aromatic heterocycles. The number of hydrogen-bond acceptors (Lipinski definition) is 4. The summed E-state index contributed by atoms with van der Waals surface area (Å²) in [5.74, 6) is -0.850. The number of hydrogen-bond donors (Lipinski definition) is 1. The van der Waals surface area contributed by atoms with Crippen molar-refractivity contribution in [2.45, 2.75) is 26.3 Å². The summed E-state index contributed by atoms with van der Waals surface area (Å²) in [5.41, 5.74) is 0.359. The zero-order valence-electron chi connectivity index (χ0n) is 11.1. The number of pyridine rings is 1. The van der Waals surface area contributed by atoms with Crippen LogP contribution in [0.1, 0.15) is 30.6 Å². The van der Waals surface area contributed by atoms with Crippen LogP contribution in [0.4, 0.5) is 0 Å². The molecule has 1 rings (SSSR count). The van der Waals surface area contributed by atoms with E-state index in [-0.39, 0.29) is 17.0 Å². The number of carbonyl (C=O) groups excluding carboxylic acids is 2. The Morgan fingerprint density at radius 2 is 2.21 bits per heavy atom. The molecule has 0 aliphatic carbocycles.